The maximum absolute atomic E-state index is 11.8. The van der Waals surface area contributed by atoms with E-state index >= 15 is 0 Å². The first-order chi connectivity index (χ1) is 9.02. The molecule has 1 N–H and O–H groups in total. The highest BCUT2D eigenvalue weighted by atomic mass is 16.5. The lowest BCUT2D eigenvalue weighted by molar-refractivity contribution is -0.143. The van der Waals surface area contributed by atoms with E-state index < -0.39 is 12.0 Å². The summed E-state index contributed by atoms with van der Waals surface area (Å²) in [7, 11) is 1.24. The monoisotopic (exact) mass is 263 g/mol. The summed E-state index contributed by atoms with van der Waals surface area (Å²) in [6.45, 7) is 1.33. The number of carbonyl (C=O) groups is 3. The molecule has 1 aromatic carbocycles. The minimum Gasteiger partial charge on any atom is -0.469 e. The molecule has 1 rings (SSSR count). The van der Waals surface area contributed by atoms with Gasteiger partial charge in [-0.2, -0.15) is 0 Å². The third-order valence-corrected chi connectivity index (χ3v) is 2.63. The van der Waals surface area contributed by atoms with Crippen LogP contribution in [0.2, 0.25) is 0 Å². The third-order valence-electron chi connectivity index (χ3n) is 2.63. The molecule has 0 saturated heterocycles. The molecule has 19 heavy (non-hydrogen) atoms. The largest absolute Gasteiger partial charge is 0.469 e. The van der Waals surface area contributed by atoms with Crippen LogP contribution in [0.25, 0.3) is 0 Å². The number of benzene rings is 1. The second kappa shape index (κ2) is 7.31. The lowest BCUT2D eigenvalue weighted by Crippen LogP contribution is -2.42. The van der Waals surface area contributed by atoms with Gasteiger partial charge in [0.1, 0.15) is 0 Å². The smallest absolute Gasteiger partial charge is 0.308 e. The van der Waals surface area contributed by atoms with E-state index in [9.17, 15) is 14.4 Å². The second-order valence-electron chi connectivity index (χ2n) is 4.17. The van der Waals surface area contributed by atoms with Crippen molar-refractivity contribution in [1.29, 1.82) is 0 Å². The Bertz CT molecular complexity index is 456. The van der Waals surface area contributed by atoms with Crippen molar-refractivity contribution in [3.63, 3.8) is 0 Å². The zero-order chi connectivity index (χ0) is 14.3. The fourth-order valence-electron chi connectivity index (χ4n) is 1.57. The standard InChI is InChI=1S/C14H17NO4/c1-10(16)12(9-14(18)19-2)15-13(17)8-11-6-4-3-5-7-11/h3-7,12H,8-9H2,1-2H3,(H,15,17). The van der Waals surface area contributed by atoms with Crippen molar-refractivity contribution in [2.75, 3.05) is 7.11 Å². The van der Waals surface area contributed by atoms with E-state index in [1.807, 2.05) is 30.3 Å². The first kappa shape index (κ1) is 14.9. The molecule has 1 atom stereocenters. The van der Waals surface area contributed by atoms with Crippen LogP contribution in [-0.2, 0) is 25.5 Å². The minimum atomic E-state index is -0.830. The van der Waals surface area contributed by atoms with E-state index in [0.29, 0.717) is 0 Å². The van der Waals surface area contributed by atoms with Crippen molar-refractivity contribution >= 4 is 17.7 Å². The topological polar surface area (TPSA) is 72.5 Å². The molecular weight excluding hydrogens is 246 g/mol. The number of nitrogens with one attached hydrogen (secondary N) is 1. The number of esters is 1. The van der Waals surface area contributed by atoms with Gasteiger partial charge in [-0.15, -0.1) is 0 Å². The molecule has 0 bridgehead atoms. The van der Waals surface area contributed by atoms with Crippen LogP contribution in [0, 0.1) is 0 Å². The maximum atomic E-state index is 11.8. The average Bonchev–Trinajstić information content (AvgIpc) is 2.38. The highest BCUT2D eigenvalue weighted by Crippen LogP contribution is 2.01. The van der Waals surface area contributed by atoms with Crippen molar-refractivity contribution in [2.45, 2.75) is 25.8 Å². The molecule has 5 nitrogen and oxygen atoms in total. The fourth-order valence-corrected chi connectivity index (χ4v) is 1.57. The first-order valence-corrected chi connectivity index (χ1v) is 5.93. The molecule has 1 unspecified atom stereocenters. The molecule has 0 fully saturated rings. The Morgan fingerprint density at radius 3 is 2.37 bits per heavy atom. The number of rotatable bonds is 6. The molecule has 102 valence electrons. The predicted molar refractivity (Wildman–Crippen MR) is 69.4 cm³/mol. The quantitative estimate of drug-likeness (QED) is 0.773. The van der Waals surface area contributed by atoms with E-state index in [1.165, 1.54) is 14.0 Å². The van der Waals surface area contributed by atoms with Crippen LogP contribution in [0.4, 0.5) is 0 Å². The minimum absolute atomic E-state index is 0.146. The molecule has 0 radical (unpaired) electrons. The van der Waals surface area contributed by atoms with E-state index in [0.717, 1.165) is 5.56 Å². The second-order valence-corrected chi connectivity index (χ2v) is 4.17. The van der Waals surface area contributed by atoms with Gasteiger partial charge in [0, 0.05) is 0 Å². The Morgan fingerprint density at radius 2 is 1.84 bits per heavy atom. The third kappa shape index (κ3) is 5.33. The van der Waals surface area contributed by atoms with Crippen LogP contribution in [0.5, 0.6) is 0 Å². The number of hydrogen-bond donors (Lipinski definition) is 1. The van der Waals surface area contributed by atoms with Gasteiger partial charge < -0.3 is 10.1 Å². The summed E-state index contributed by atoms with van der Waals surface area (Å²) in [5, 5.41) is 2.54. The van der Waals surface area contributed by atoms with Crippen LogP contribution in [0.15, 0.2) is 30.3 Å². The Morgan fingerprint density at radius 1 is 1.21 bits per heavy atom. The molecule has 0 aromatic heterocycles. The molecule has 0 spiro atoms. The maximum Gasteiger partial charge on any atom is 0.308 e. The van der Waals surface area contributed by atoms with Gasteiger partial charge in [0.05, 0.1) is 26.0 Å². The van der Waals surface area contributed by atoms with E-state index in [2.05, 4.69) is 10.1 Å². The lowest BCUT2D eigenvalue weighted by atomic mass is 10.1. The normalized spacial score (nSPS) is 11.5. The van der Waals surface area contributed by atoms with Gasteiger partial charge in [-0.3, -0.25) is 14.4 Å². The molecule has 0 aliphatic rings. The summed E-state index contributed by atoms with van der Waals surface area (Å²) in [6.07, 6.45) is 0.0259. The fraction of sp³-hybridized carbons (Fsp3) is 0.357. The summed E-state index contributed by atoms with van der Waals surface area (Å²) in [5.74, 6) is -1.10. The molecule has 0 heterocycles. The summed E-state index contributed by atoms with van der Waals surface area (Å²) in [4.78, 5) is 34.3. The van der Waals surface area contributed by atoms with Crippen LogP contribution in [0.3, 0.4) is 0 Å². The summed E-state index contributed by atoms with van der Waals surface area (Å²) >= 11 is 0. The Labute approximate surface area is 111 Å². The molecular formula is C14H17NO4. The molecule has 0 aliphatic heterocycles. The number of Topliss-reactive ketones (excluding diaryl/α,β-unsaturated/α-hetero) is 1. The first-order valence-electron chi connectivity index (χ1n) is 5.93. The highest BCUT2D eigenvalue weighted by Gasteiger charge is 2.20. The molecule has 0 aliphatic carbocycles. The number of carbonyl (C=O) groups excluding carboxylic acids is 3. The van der Waals surface area contributed by atoms with Gasteiger partial charge in [0.15, 0.2) is 5.78 Å². The molecule has 1 aromatic rings. The van der Waals surface area contributed by atoms with Crippen molar-refractivity contribution in [2.24, 2.45) is 0 Å². The van der Waals surface area contributed by atoms with Gasteiger partial charge in [-0.05, 0) is 12.5 Å². The zero-order valence-corrected chi connectivity index (χ0v) is 11.0. The Hall–Kier alpha value is -2.17. The summed E-state index contributed by atoms with van der Waals surface area (Å²) in [6, 6.07) is 8.34. The van der Waals surface area contributed by atoms with Gasteiger partial charge in [-0.1, -0.05) is 30.3 Å². The van der Waals surface area contributed by atoms with E-state index in [1.54, 1.807) is 0 Å². The van der Waals surface area contributed by atoms with Gasteiger partial charge >= 0.3 is 5.97 Å². The van der Waals surface area contributed by atoms with Crippen molar-refractivity contribution < 1.29 is 19.1 Å². The zero-order valence-electron chi connectivity index (χ0n) is 11.0. The number of amides is 1. The van der Waals surface area contributed by atoms with Crippen molar-refractivity contribution in [3.05, 3.63) is 35.9 Å². The molecule has 5 heteroatoms. The van der Waals surface area contributed by atoms with Gasteiger partial charge in [-0.25, -0.2) is 0 Å². The predicted octanol–water partition coefficient (Wildman–Crippen LogP) is 0.866. The summed E-state index contributed by atoms with van der Waals surface area (Å²) in [5.41, 5.74) is 0.848. The average molecular weight is 263 g/mol. The van der Waals surface area contributed by atoms with E-state index in [4.69, 9.17) is 0 Å². The number of ketones is 1. The molecule has 1 amide bonds. The van der Waals surface area contributed by atoms with Gasteiger partial charge in [0.25, 0.3) is 0 Å². The van der Waals surface area contributed by atoms with Crippen molar-refractivity contribution in [3.8, 4) is 0 Å². The van der Waals surface area contributed by atoms with Crippen LogP contribution in [-0.4, -0.2) is 30.8 Å². The SMILES string of the molecule is COC(=O)CC(NC(=O)Cc1ccccc1)C(C)=O. The number of hydrogen-bond acceptors (Lipinski definition) is 4. The molecule has 0 saturated carbocycles. The Balaban J connectivity index is 2.57. The van der Waals surface area contributed by atoms with Crippen LogP contribution >= 0.6 is 0 Å². The van der Waals surface area contributed by atoms with Crippen molar-refractivity contribution in [1.82, 2.24) is 5.32 Å². The van der Waals surface area contributed by atoms with Crippen LogP contribution < -0.4 is 5.32 Å². The van der Waals surface area contributed by atoms with Gasteiger partial charge in [0.2, 0.25) is 5.91 Å². The Kier molecular flexibility index (Phi) is 5.73. The number of ether oxygens (including phenoxy) is 1. The lowest BCUT2D eigenvalue weighted by Gasteiger charge is -2.14. The summed E-state index contributed by atoms with van der Waals surface area (Å²) < 4.78 is 4.49. The van der Waals surface area contributed by atoms with Crippen LogP contribution in [0.1, 0.15) is 18.9 Å². The number of methoxy groups -OCH3 is 1. The highest BCUT2D eigenvalue weighted by molar-refractivity contribution is 5.91. The van der Waals surface area contributed by atoms with E-state index in [-0.39, 0.29) is 24.5 Å².